The summed E-state index contributed by atoms with van der Waals surface area (Å²) < 4.78 is 24.2. The van der Waals surface area contributed by atoms with Gasteiger partial charge in [0.2, 0.25) is 0 Å². The van der Waals surface area contributed by atoms with Crippen LogP contribution in [0, 0.1) is 12.7 Å². The summed E-state index contributed by atoms with van der Waals surface area (Å²) in [5, 5.41) is 13.6. The van der Waals surface area contributed by atoms with Crippen LogP contribution in [0.4, 0.5) is 15.9 Å². The number of likely N-dealkylation sites (tertiary alicyclic amines) is 1. The molecule has 3 aromatic carbocycles. The smallest absolute Gasteiger partial charge is 0.284 e. The van der Waals surface area contributed by atoms with Crippen LogP contribution in [0.25, 0.3) is 28.2 Å². The molecule has 1 aliphatic rings. The molecule has 48 heavy (non-hydrogen) atoms. The lowest BCUT2D eigenvalue weighted by Gasteiger charge is -2.20. The van der Waals surface area contributed by atoms with E-state index < -0.39 is 23.4 Å². The summed E-state index contributed by atoms with van der Waals surface area (Å²) in [4.78, 5) is 37.6. The van der Waals surface area contributed by atoms with Crippen molar-refractivity contribution in [3.05, 3.63) is 105 Å². The summed E-state index contributed by atoms with van der Waals surface area (Å²) in [7, 11) is 1.69. The lowest BCUT2D eigenvalue weighted by Crippen LogP contribution is -2.33. The highest BCUT2D eigenvalue weighted by Crippen LogP contribution is 2.31. The number of carbonyl (C=O) groups is 1. The molecule has 3 heterocycles. The fourth-order valence-corrected chi connectivity index (χ4v) is 6.02. The second-order valence-corrected chi connectivity index (χ2v) is 12.1. The van der Waals surface area contributed by atoms with Crippen LogP contribution in [0.15, 0.2) is 77.7 Å². The van der Waals surface area contributed by atoms with Gasteiger partial charge >= 0.3 is 0 Å². The third kappa shape index (κ3) is 6.82. The molecule has 13 heteroatoms. The molecule has 1 atom stereocenters. The number of halogens is 2. The van der Waals surface area contributed by atoms with Crippen molar-refractivity contribution in [3.8, 4) is 34.0 Å². The summed E-state index contributed by atoms with van der Waals surface area (Å²) in [6.45, 7) is 4.01. The summed E-state index contributed by atoms with van der Waals surface area (Å²) in [5.74, 6) is -1.06. The zero-order valence-corrected chi connectivity index (χ0v) is 27.2. The first-order valence-corrected chi connectivity index (χ1v) is 15.9. The van der Waals surface area contributed by atoms with E-state index in [9.17, 15) is 14.7 Å². The van der Waals surface area contributed by atoms with Crippen LogP contribution in [0.5, 0.6) is 5.75 Å². The number of β-amino-alcohol motifs (C(OH)–C–C–N with tert-alkyl or cyclic N) is 1. The Morgan fingerprint density at radius 2 is 1.85 bits per heavy atom. The van der Waals surface area contributed by atoms with Crippen molar-refractivity contribution in [1.82, 2.24) is 24.2 Å². The van der Waals surface area contributed by atoms with Crippen LogP contribution in [-0.4, -0.2) is 67.6 Å². The maximum Gasteiger partial charge on any atom is 0.284 e. The predicted octanol–water partition coefficient (Wildman–Crippen LogP) is 5.07. The molecule has 0 bridgehead atoms. The Balaban J connectivity index is 1.18. The predicted molar refractivity (Wildman–Crippen MR) is 183 cm³/mol. The molecule has 2 aromatic heterocycles. The van der Waals surface area contributed by atoms with Crippen molar-refractivity contribution in [2.24, 2.45) is 7.05 Å². The number of nitrogens with two attached hydrogens (primary N) is 1. The molecule has 1 saturated heterocycles. The largest absolute Gasteiger partial charge is 0.488 e. The van der Waals surface area contributed by atoms with Gasteiger partial charge in [-0.05, 0) is 75.3 Å². The fraction of sp³-hybridized carbons (Fsp3) is 0.257. The Morgan fingerprint density at radius 1 is 1.12 bits per heavy atom. The van der Waals surface area contributed by atoms with E-state index in [1.165, 1.54) is 16.9 Å². The Hall–Kier alpha value is -5.04. The van der Waals surface area contributed by atoms with E-state index in [4.69, 9.17) is 22.1 Å². The van der Waals surface area contributed by atoms with E-state index in [0.29, 0.717) is 39.9 Å². The minimum absolute atomic E-state index is 0.00113. The van der Waals surface area contributed by atoms with E-state index >= 15 is 4.39 Å². The number of aliphatic hydroxyl groups excluding tert-OH is 1. The maximum absolute atomic E-state index is 15.6. The van der Waals surface area contributed by atoms with Crippen LogP contribution in [0.1, 0.15) is 28.9 Å². The number of aromatic nitrogens is 4. The van der Waals surface area contributed by atoms with E-state index in [-0.39, 0.29) is 35.0 Å². The first-order chi connectivity index (χ1) is 23.1. The van der Waals surface area contributed by atoms with Crippen LogP contribution >= 0.6 is 11.6 Å². The SMILES string of the molecule is Cc1c(C(=O)Nc2ccc(-c3nc(-c4cccc(OCC(O)CN5CCCC5)c4F)cnc3N)cc2)c(=O)n(-c2cccc(Cl)c2)n1C. The topological polar surface area (TPSA) is 141 Å². The maximum atomic E-state index is 15.6. The average Bonchev–Trinajstić information content (AvgIpc) is 3.66. The number of nitrogen functional groups attached to an aromatic ring is 1. The van der Waals surface area contributed by atoms with Gasteiger partial charge in [0, 0.05) is 35.4 Å². The Kier molecular flexibility index (Phi) is 9.58. The van der Waals surface area contributed by atoms with E-state index in [1.54, 1.807) is 79.3 Å². The zero-order valence-electron chi connectivity index (χ0n) is 26.5. The number of hydrogen-bond donors (Lipinski definition) is 3. The van der Waals surface area contributed by atoms with E-state index in [1.807, 2.05) is 0 Å². The van der Waals surface area contributed by atoms with E-state index in [2.05, 4.69) is 20.2 Å². The zero-order chi connectivity index (χ0) is 33.9. The van der Waals surface area contributed by atoms with Gasteiger partial charge in [-0.15, -0.1) is 0 Å². The molecule has 1 amide bonds. The minimum atomic E-state index is -0.744. The van der Waals surface area contributed by atoms with Gasteiger partial charge < -0.3 is 25.8 Å². The van der Waals surface area contributed by atoms with Gasteiger partial charge in [0.1, 0.15) is 29.8 Å². The van der Waals surface area contributed by atoms with Crippen molar-refractivity contribution >= 4 is 29.0 Å². The third-order valence-electron chi connectivity index (χ3n) is 8.39. The normalized spacial score (nSPS) is 13.9. The van der Waals surface area contributed by atoms with Gasteiger partial charge in [-0.2, -0.15) is 0 Å². The second-order valence-electron chi connectivity index (χ2n) is 11.7. The highest BCUT2D eigenvalue weighted by Gasteiger charge is 2.23. The lowest BCUT2D eigenvalue weighted by atomic mass is 10.1. The summed E-state index contributed by atoms with van der Waals surface area (Å²) in [6, 6.07) is 18.2. The molecule has 0 saturated carbocycles. The second kappa shape index (κ2) is 14.0. The van der Waals surface area contributed by atoms with Crippen LogP contribution in [-0.2, 0) is 7.05 Å². The molecule has 1 aliphatic heterocycles. The lowest BCUT2D eigenvalue weighted by molar-refractivity contribution is 0.0743. The van der Waals surface area contributed by atoms with Gasteiger partial charge in [0.15, 0.2) is 11.6 Å². The molecule has 4 N–H and O–H groups in total. The molecule has 0 radical (unpaired) electrons. The molecule has 0 spiro atoms. The number of amides is 1. The summed E-state index contributed by atoms with van der Waals surface area (Å²) >= 11 is 6.13. The number of carbonyl (C=O) groups excluding carboxylic acids is 1. The fourth-order valence-electron chi connectivity index (χ4n) is 5.84. The number of ether oxygens (including phenoxy) is 1. The van der Waals surface area contributed by atoms with E-state index in [0.717, 1.165) is 25.9 Å². The van der Waals surface area contributed by atoms with Crippen molar-refractivity contribution in [1.29, 1.82) is 0 Å². The third-order valence-corrected chi connectivity index (χ3v) is 8.62. The highest BCUT2D eigenvalue weighted by molar-refractivity contribution is 6.30. The van der Waals surface area contributed by atoms with Gasteiger partial charge in [-0.3, -0.25) is 14.3 Å². The number of hydrogen-bond acceptors (Lipinski definition) is 8. The molecular weight excluding hydrogens is 637 g/mol. The van der Waals surface area contributed by atoms with Crippen molar-refractivity contribution in [3.63, 3.8) is 0 Å². The van der Waals surface area contributed by atoms with Crippen molar-refractivity contribution in [2.75, 3.05) is 37.3 Å². The first-order valence-electron chi connectivity index (χ1n) is 15.5. The molecule has 11 nitrogen and oxygen atoms in total. The highest BCUT2D eigenvalue weighted by atomic mass is 35.5. The quantitative estimate of drug-likeness (QED) is 0.187. The van der Waals surface area contributed by atoms with Gasteiger partial charge in [-0.25, -0.2) is 19.0 Å². The Bertz CT molecular complexity index is 2020. The van der Waals surface area contributed by atoms with Crippen LogP contribution in [0.2, 0.25) is 5.02 Å². The van der Waals surface area contributed by atoms with Gasteiger partial charge in [-0.1, -0.05) is 35.9 Å². The molecule has 5 aromatic rings. The first kappa shape index (κ1) is 32.9. The summed E-state index contributed by atoms with van der Waals surface area (Å²) in [5.41, 5.74) is 8.46. The monoisotopic (exact) mass is 671 g/mol. The van der Waals surface area contributed by atoms with Crippen LogP contribution < -0.4 is 21.3 Å². The molecular formula is C35H35ClFN7O4. The number of rotatable bonds is 10. The number of nitrogens with zero attached hydrogens (tertiary/aromatic N) is 5. The molecule has 6 rings (SSSR count). The summed E-state index contributed by atoms with van der Waals surface area (Å²) in [6.07, 6.45) is 2.86. The number of benzene rings is 3. The average molecular weight is 672 g/mol. The van der Waals surface area contributed by atoms with Crippen LogP contribution in [0.3, 0.4) is 0 Å². The molecule has 0 aliphatic carbocycles. The number of aliphatic hydroxyl groups is 1. The Morgan fingerprint density at radius 3 is 2.58 bits per heavy atom. The molecule has 1 fully saturated rings. The van der Waals surface area contributed by atoms with Gasteiger partial charge in [0.25, 0.3) is 11.5 Å². The van der Waals surface area contributed by atoms with Gasteiger partial charge in [0.05, 0.1) is 23.3 Å². The molecule has 1 unspecified atom stereocenters. The molecule has 248 valence electrons. The standard InChI is InChI=1S/C35H35ClFN7O4/c1-21-30(35(47)44(42(21)2)25-8-5-7-23(36)17-25)34(46)40-24-13-11-22(12-14-24)32-33(38)39-18-28(41-32)27-9-6-10-29(31(27)37)48-20-26(45)19-43-15-3-4-16-43/h5-14,17-18,26,45H,3-4,15-16,19-20H2,1-2H3,(H2,38,39)(H,40,46). The number of nitrogens with one attached hydrogen (secondary N) is 1. The Labute approximate surface area is 281 Å². The number of anilines is 2. The minimum Gasteiger partial charge on any atom is -0.488 e. The van der Waals surface area contributed by atoms with Crippen molar-refractivity contribution < 1.29 is 19.0 Å². The van der Waals surface area contributed by atoms with Crippen molar-refractivity contribution in [2.45, 2.75) is 25.9 Å².